The molecule has 0 aliphatic rings. The Labute approximate surface area is 75.6 Å². The highest BCUT2D eigenvalue weighted by molar-refractivity contribution is 5.75. The second-order valence-electron chi connectivity index (χ2n) is 2.13. The standard InChI is InChI=1S/C5H12O4.Mg/c6-1-5(2-7,3-8)4-9;/h6-9H,1-4H2;. The van der Waals surface area contributed by atoms with Crippen LogP contribution in [0.25, 0.3) is 0 Å². The lowest BCUT2D eigenvalue weighted by Gasteiger charge is -2.23. The molecule has 0 aliphatic carbocycles. The molecule has 4 N–H and O–H groups in total. The van der Waals surface area contributed by atoms with Crippen molar-refractivity contribution in [1.29, 1.82) is 0 Å². The quantitative estimate of drug-likeness (QED) is 0.345. The number of hydrogen-bond donors (Lipinski definition) is 4. The second-order valence-corrected chi connectivity index (χ2v) is 2.13. The van der Waals surface area contributed by atoms with Crippen molar-refractivity contribution >= 4 is 23.1 Å². The lowest BCUT2D eigenvalue weighted by Crippen LogP contribution is -2.37. The first kappa shape index (κ1) is 13.2. The van der Waals surface area contributed by atoms with Crippen molar-refractivity contribution in [3.63, 3.8) is 0 Å². The summed E-state index contributed by atoms with van der Waals surface area (Å²) in [6.45, 7) is -1.62. The van der Waals surface area contributed by atoms with E-state index in [-0.39, 0.29) is 23.1 Å². The van der Waals surface area contributed by atoms with Gasteiger partial charge in [-0.1, -0.05) is 0 Å². The van der Waals surface area contributed by atoms with Crippen molar-refractivity contribution in [3.8, 4) is 0 Å². The monoisotopic (exact) mass is 160 g/mol. The summed E-state index contributed by atoms with van der Waals surface area (Å²) < 4.78 is 0. The minimum atomic E-state index is -1.11. The summed E-state index contributed by atoms with van der Waals surface area (Å²) in [4.78, 5) is 0. The van der Waals surface area contributed by atoms with Gasteiger partial charge >= 0.3 is 0 Å². The first-order valence-electron chi connectivity index (χ1n) is 2.68. The van der Waals surface area contributed by atoms with Gasteiger partial charge in [0.15, 0.2) is 0 Å². The van der Waals surface area contributed by atoms with Gasteiger partial charge in [-0.2, -0.15) is 0 Å². The van der Waals surface area contributed by atoms with Crippen molar-refractivity contribution in [1.82, 2.24) is 0 Å². The molecule has 4 nitrogen and oxygen atoms in total. The Morgan fingerprint density at radius 1 is 0.700 bits per heavy atom. The van der Waals surface area contributed by atoms with Crippen LogP contribution in [0, 0.1) is 5.41 Å². The van der Waals surface area contributed by atoms with E-state index in [9.17, 15) is 0 Å². The van der Waals surface area contributed by atoms with E-state index in [1.54, 1.807) is 0 Å². The first-order valence-corrected chi connectivity index (χ1v) is 2.68. The fraction of sp³-hybridized carbons (Fsp3) is 1.00. The maximum atomic E-state index is 8.50. The van der Waals surface area contributed by atoms with Crippen LogP contribution in [0.15, 0.2) is 0 Å². The SMILES string of the molecule is OCC(CO)(CO)CO.[Mg]. The van der Waals surface area contributed by atoms with Crippen LogP contribution in [0.4, 0.5) is 0 Å². The summed E-state index contributed by atoms with van der Waals surface area (Å²) >= 11 is 0. The van der Waals surface area contributed by atoms with E-state index >= 15 is 0 Å². The zero-order chi connectivity index (χ0) is 7.33. The highest BCUT2D eigenvalue weighted by Gasteiger charge is 2.26. The molecule has 0 heterocycles. The van der Waals surface area contributed by atoms with Crippen molar-refractivity contribution in [3.05, 3.63) is 0 Å². The minimum Gasteiger partial charge on any atom is -0.396 e. The van der Waals surface area contributed by atoms with Crippen molar-refractivity contribution in [2.24, 2.45) is 5.41 Å². The van der Waals surface area contributed by atoms with Crippen LogP contribution >= 0.6 is 0 Å². The smallest absolute Gasteiger partial charge is 0.0627 e. The Kier molecular flexibility index (Phi) is 8.36. The summed E-state index contributed by atoms with van der Waals surface area (Å²) in [5, 5.41) is 34.0. The zero-order valence-corrected chi connectivity index (χ0v) is 7.24. The number of aliphatic hydroxyl groups is 4. The molecule has 0 saturated carbocycles. The van der Waals surface area contributed by atoms with Crippen LogP contribution in [0.2, 0.25) is 0 Å². The van der Waals surface area contributed by atoms with E-state index in [0.717, 1.165) is 0 Å². The maximum absolute atomic E-state index is 8.50. The Morgan fingerprint density at radius 2 is 0.900 bits per heavy atom. The van der Waals surface area contributed by atoms with E-state index in [0.29, 0.717) is 0 Å². The number of hydrogen-bond acceptors (Lipinski definition) is 4. The van der Waals surface area contributed by atoms with Crippen LogP contribution in [-0.4, -0.2) is 69.9 Å². The molecule has 10 heavy (non-hydrogen) atoms. The Balaban J connectivity index is 0. The van der Waals surface area contributed by atoms with Gasteiger partial charge in [0.25, 0.3) is 0 Å². The number of aliphatic hydroxyl groups excluding tert-OH is 4. The fourth-order valence-electron chi connectivity index (χ4n) is 0.300. The molecule has 0 spiro atoms. The molecule has 2 radical (unpaired) electrons. The third-order valence-corrected chi connectivity index (χ3v) is 1.34. The van der Waals surface area contributed by atoms with E-state index < -0.39 is 31.8 Å². The second kappa shape index (κ2) is 6.32. The van der Waals surface area contributed by atoms with Gasteiger partial charge in [-0.05, 0) is 0 Å². The van der Waals surface area contributed by atoms with Crippen molar-refractivity contribution in [2.75, 3.05) is 26.4 Å². The Hall–Kier alpha value is 0.606. The van der Waals surface area contributed by atoms with Gasteiger partial charge in [-0.3, -0.25) is 0 Å². The largest absolute Gasteiger partial charge is 0.396 e. The van der Waals surface area contributed by atoms with Crippen LogP contribution in [0.5, 0.6) is 0 Å². The molecular weight excluding hydrogens is 148 g/mol. The normalized spacial score (nSPS) is 10.8. The molecule has 58 valence electrons. The molecule has 0 atom stereocenters. The summed E-state index contributed by atoms with van der Waals surface area (Å²) in [6.07, 6.45) is 0. The third kappa shape index (κ3) is 3.13. The van der Waals surface area contributed by atoms with Gasteiger partial charge in [0.2, 0.25) is 0 Å². The molecule has 0 unspecified atom stereocenters. The van der Waals surface area contributed by atoms with Crippen LogP contribution in [0.1, 0.15) is 0 Å². The Bertz CT molecular complexity index is 56.5. The van der Waals surface area contributed by atoms with E-state index in [1.165, 1.54) is 0 Å². The number of rotatable bonds is 4. The van der Waals surface area contributed by atoms with Gasteiger partial charge in [-0.25, -0.2) is 0 Å². The predicted molar refractivity (Wildman–Crippen MR) is 36.5 cm³/mol. The summed E-state index contributed by atoms with van der Waals surface area (Å²) in [5.41, 5.74) is -1.11. The highest BCUT2D eigenvalue weighted by Crippen LogP contribution is 2.11. The fourth-order valence-corrected chi connectivity index (χ4v) is 0.300. The Morgan fingerprint density at radius 3 is 0.900 bits per heavy atom. The molecule has 0 bridgehead atoms. The minimum absolute atomic E-state index is 0. The van der Waals surface area contributed by atoms with Gasteiger partial charge in [0, 0.05) is 23.1 Å². The molecule has 0 amide bonds. The molecule has 0 rings (SSSR count). The zero-order valence-electron chi connectivity index (χ0n) is 5.82. The molecule has 0 saturated heterocycles. The molecule has 0 aliphatic heterocycles. The predicted octanol–water partition coefficient (Wildman–Crippen LogP) is -2.44. The lowest BCUT2D eigenvalue weighted by atomic mass is 9.93. The van der Waals surface area contributed by atoms with Crippen LogP contribution in [0.3, 0.4) is 0 Å². The van der Waals surface area contributed by atoms with E-state index in [2.05, 4.69) is 0 Å². The topological polar surface area (TPSA) is 80.9 Å². The van der Waals surface area contributed by atoms with Crippen molar-refractivity contribution in [2.45, 2.75) is 0 Å². The average molecular weight is 160 g/mol. The van der Waals surface area contributed by atoms with Crippen molar-refractivity contribution < 1.29 is 20.4 Å². The molecular formula is C5H12MgO4. The summed E-state index contributed by atoms with van der Waals surface area (Å²) in [5.74, 6) is 0. The molecule has 0 fully saturated rings. The van der Waals surface area contributed by atoms with E-state index in [4.69, 9.17) is 20.4 Å². The van der Waals surface area contributed by atoms with Gasteiger partial charge in [-0.15, -0.1) is 0 Å². The molecule has 0 aromatic heterocycles. The van der Waals surface area contributed by atoms with Crippen LogP contribution < -0.4 is 0 Å². The van der Waals surface area contributed by atoms with E-state index in [1.807, 2.05) is 0 Å². The molecule has 5 heteroatoms. The molecule has 0 aromatic carbocycles. The summed E-state index contributed by atoms with van der Waals surface area (Å²) in [7, 11) is 0. The third-order valence-electron chi connectivity index (χ3n) is 1.34. The van der Waals surface area contributed by atoms with Gasteiger partial charge in [0.1, 0.15) is 0 Å². The van der Waals surface area contributed by atoms with Gasteiger partial charge in [0.05, 0.1) is 31.8 Å². The maximum Gasteiger partial charge on any atom is 0.0627 e. The lowest BCUT2D eigenvalue weighted by molar-refractivity contribution is -0.0328. The average Bonchev–Trinajstić information content (AvgIpc) is 1.95. The van der Waals surface area contributed by atoms with Crippen LogP contribution in [-0.2, 0) is 0 Å². The van der Waals surface area contributed by atoms with Gasteiger partial charge < -0.3 is 20.4 Å². The highest BCUT2D eigenvalue weighted by atomic mass is 24.3. The molecule has 0 aromatic rings. The summed E-state index contributed by atoms with van der Waals surface area (Å²) in [6, 6.07) is 0. The first-order chi connectivity index (χ1) is 4.24.